The fourth-order valence-electron chi connectivity index (χ4n) is 3.83. The van der Waals surface area contributed by atoms with Crippen molar-refractivity contribution in [1.82, 2.24) is 0 Å². The molecule has 0 saturated carbocycles. The third-order valence-corrected chi connectivity index (χ3v) is 5.80. The molecule has 3 N–H and O–H groups in total. The number of fused-ring (bicyclic) bond motifs is 1. The highest BCUT2D eigenvalue weighted by atomic mass is 35.5. The van der Waals surface area contributed by atoms with E-state index in [2.05, 4.69) is 16.4 Å². The van der Waals surface area contributed by atoms with Crippen LogP contribution in [0.4, 0.5) is 5.69 Å². The molecule has 154 valence electrons. The number of benzene rings is 2. The fraction of sp³-hybridized carbons (Fsp3) is 0.409. The molecule has 4 rings (SSSR count). The first-order valence-electron chi connectivity index (χ1n) is 9.96. The lowest BCUT2D eigenvalue weighted by Crippen LogP contribution is -2.38. The SMILES string of the molecule is NC(=NCC1(c2ccccc2Cl)CCOCC1)Nc1ccc2c(c1)OCCCO2. The summed E-state index contributed by atoms with van der Waals surface area (Å²) in [5, 5.41) is 3.93. The standard InChI is InChI=1S/C22H26ClN3O3/c23-18-5-2-1-4-17(18)22(8-12-27-13-9-22)15-25-21(24)26-16-6-7-19-20(14-16)29-11-3-10-28-19/h1-2,4-7,14H,3,8-13,15H2,(H3,24,25,26). The van der Waals surface area contributed by atoms with Gasteiger partial charge in [-0.2, -0.15) is 0 Å². The van der Waals surface area contributed by atoms with Gasteiger partial charge in [-0.1, -0.05) is 29.8 Å². The summed E-state index contributed by atoms with van der Waals surface area (Å²) in [6.45, 7) is 3.23. The van der Waals surface area contributed by atoms with Crippen LogP contribution in [0.1, 0.15) is 24.8 Å². The molecule has 29 heavy (non-hydrogen) atoms. The van der Waals surface area contributed by atoms with Gasteiger partial charge in [0, 0.05) is 41.8 Å². The monoisotopic (exact) mass is 415 g/mol. The number of halogens is 1. The summed E-state index contributed by atoms with van der Waals surface area (Å²) in [6, 6.07) is 13.7. The Morgan fingerprint density at radius 1 is 1.03 bits per heavy atom. The van der Waals surface area contributed by atoms with Gasteiger partial charge in [0.2, 0.25) is 0 Å². The average molecular weight is 416 g/mol. The highest BCUT2D eigenvalue weighted by Gasteiger charge is 2.36. The topological polar surface area (TPSA) is 78.1 Å². The number of anilines is 1. The Labute approximate surface area is 176 Å². The Morgan fingerprint density at radius 2 is 1.79 bits per heavy atom. The van der Waals surface area contributed by atoms with E-state index in [4.69, 9.17) is 31.5 Å². The number of hydrogen-bond donors (Lipinski definition) is 2. The van der Waals surface area contributed by atoms with Crippen molar-refractivity contribution in [3.05, 3.63) is 53.1 Å². The maximum atomic E-state index is 6.51. The van der Waals surface area contributed by atoms with Gasteiger partial charge < -0.3 is 25.3 Å². The molecule has 0 amide bonds. The first kappa shape index (κ1) is 19.9. The van der Waals surface area contributed by atoms with Crippen molar-refractivity contribution in [2.24, 2.45) is 10.7 Å². The lowest BCUT2D eigenvalue weighted by atomic mass is 9.74. The van der Waals surface area contributed by atoms with E-state index in [0.717, 1.165) is 47.0 Å². The molecule has 0 unspecified atom stereocenters. The van der Waals surface area contributed by atoms with Gasteiger partial charge >= 0.3 is 0 Å². The quantitative estimate of drug-likeness (QED) is 0.583. The van der Waals surface area contributed by atoms with Gasteiger partial charge in [0.15, 0.2) is 17.5 Å². The van der Waals surface area contributed by atoms with Crippen LogP contribution in [0.3, 0.4) is 0 Å². The second-order valence-corrected chi connectivity index (χ2v) is 7.82. The zero-order valence-corrected chi connectivity index (χ0v) is 17.1. The summed E-state index contributed by atoms with van der Waals surface area (Å²) in [4.78, 5) is 4.66. The van der Waals surface area contributed by atoms with Crippen LogP contribution in [0.15, 0.2) is 47.5 Å². The average Bonchev–Trinajstić information content (AvgIpc) is 2.98. The van der Waals surface area contributed by atoms with Crippen molar-refractivity contribution in [3.8, 4) is 11.5 Å². The predicted molar refractivity (Wildman–Crippen MR) is 115 cm³/mol. The Hall–Kier alpha value is -2.44. The van der Waals surface area contributed by atoms with Gasteiger partial charge in [-0.15, -0.1) is 0 Å². The normalized spacial score (nSPS) is 18.7. The number of hydrogen-bond acceptors (Lipinski definition) is 4. The predicted octanol–water partition coefficient (Wildman–Crippen LogP) is 3.98. The zero-order valence-electron chi connectivity index (χ0n) is 16.3. The Morgan fingerprint density at radius 3 is 2.59 bits per heavy atom. The largest absolute Gasteiger partial charge is 0.490 e. The van der Waals surface area contributed by atoms with E-state index in [1.165, 1.54) is 0 Å². The molecule has 2 heterocycles. The van der Waals surface area contributed by atoms with E-state index in [1.54, 1.807) is 0 Å². The van der Waals surface area contributed by atoms with E-state index in [0.29, 0.717) is 38.9 Å². The van der Waals surface area contributed by atoms with E-state index < -0.39 is 0 Å². The molecule has 2 aliphatic heterocycles. The van der Waals surface area contributed by atoms with Crippen LogP contribution in [-0.2, 0) is 10.2 Å². The molecular weight excluding hydrogens is 390 g/mol. The molecule has 0 spiro atoms. The molecule has 6 nitrogen and oxygen atoms in total. The van der Waals surface area contributed by atoms with Crippen LogP contribution in [0.2, 0.25) is 5.02 Å². The first-order chi connectivity index (χ1) is 14.2. The maximum Gasteiger partial charge on any atom is 0.193 e. The highest BCUT2D eigenvalue weighted by Crippen LogP contribution is 2.39. The minimum Gasteiger partial charge on any atom is -0.490 e. The van der Waals surface area contributed by atoms with Crippen molar-refractivity contribution in [2.75, 3.05) is 38.3 Å². The van der Waals surface area contributed by atoms with Crippen LogP contribution in [0.5, 0.6) is 11.5 Å². The minimum absolute atomic E-state index is 0.173. The molecule has 0 atom stereocenters. The van der Waals surface area contributed by atoms with Crippen LogP contribution in [0, 0.1) is 0 Å². The Balaban J connectivity index is 1.51. The molecule has 1 saturated heterocycles. The Bertz CT molecular complexity index is 881. The number of aliphatic imine (C=N–C) groups is 1. The lowest BCUT2D eigenvalue weighted by Gasteiger charge is -2.37. The smallest absolute Gasteiger partial charge is 0.193 e. The molecular formula is C22H26ClN3O3. The van der Waals surface area contributed by atoms with Gasteiger partial charge in [-0.05, 0) is 36.6 Å². The summed E-state index contributed by atoms with van der Waals surface area (Å²) < 4.78 is 17.0. The molecule has 0 radical (unpaired) electrons. The Kier molecular flexibility index (Phi) is 6.11. The summed E-state index contributed by atoms with van der Waals surface area (Å²) in [6.07, 6.45) is 2.59. The van der Waals surface area contributed by atoms with Crippen LogP contribution in [-0.4, -0.2) is 38.9 Å². The molecule has 0 bridgehead atoms. The molecule has 7 heteroatoms. The zero-order chi connectivity index (χ0) is 20.1. The number of rotatable bonds is 4. The van der Waals surface area contributed by atoms with E-state index >= 15 is 0 Å². The van der Waals surface area contributed by atoms with Gasteiger partial charge in [-0.3, -0.25) is 4.99 Å². The summed E-state index contributed by atoms with van der Waals surface area (Å²) in [7, 11) is 0. The van der Waals surface area contributed by atoms with Crippen LogP contribution < -0.4 is 20.5 Å². The second kappa shape index (κ2) is 8.93. The van der Waals surface area contributed by atoms with E-state index in [-0.39, 0.29) is 5.41 Å². The van der Waals surface area contributed by atoms with Crippen molar-refractivity contribution in [1.29, 1.82) is 0 Å². The fourth-order valence-corrected chi connectivity index (χ4v) is 4.17. The van der Waals surface area contributed by atoms with Crippen LogP contribution in [0.25, 0.3) is 0 Å². The van der Waals surface area contributed by atoms with Crippen molar-refractivity contribution in [3.63, 3.8) is 0 Å². The summed E-state index contributed by atoms with van der Waals surface area (Å²) in [5.74, 6) is 1.83. The number of nitrogens with zero attached hydrogens (tertiary/aromatic N) is 1. The van der Waals surface area contributed by atoms with Gasteiger partial charge in [-0.25, -0.2) is 0 Å². The molecule has 2 aromatic rings. The molecule has 0 aliphatic carbocycles. The number of nitrogens with one attached hydrogen (secondary N) is 1. The van der Waals surface area contributed by atoms with Gasteiger partial charge in [0.05, 0.1) is 19.8 Å². The van der Waals surface area contributed by atoms with Gasteiger partial charge in [0.1, 0.15) is 0 Å². The minimum atomic E-state index is -0.173. The third-order valence-electron chi connectivity index (χ3n) is 5.47. The highest BCUT2D eigenvalue weighted by molar-refractivity contribution is 6.31. The number of guanidine groups is 1. The lowest BCUT2D eigenvalue weighted by molar-refractivity contribution is 0.0532. The number of ether oxygens (including phenoxy) is 3. The maximum absolute atomic E-state index is 6.51. The molecule has 2 aliphatic rings. The number of nitrogens with two attached hydrogens (primary N) is 1. The van der Waals surface area contributed by atoms with Gasteiger partial charge in [0.25, 0.3) is 0 Å². The third kappa shape index (κ3) is 4.60. The molecule has 1 fully saturated rings. The summed E-state index contributed by atoms with van der Waals surface area (Å²) in [5.41, 5.74) is 7.96. The van der Waals surface area contributed by atoms with E-state index in [9.17, 15) is 0 Å². The molecule has 2 aromatic carbocycles. The summed E-state index contributed by atoms with van der Waals surface area (Å²) >= 11 is 6.51. The van der Waals surface area contributed by atoms with E-state index in [1.807, 2.05) is 36.4 Å². The molecule has 0 aromatic heterocycles. The first-order valence-corrected chi connectivity index (χ1v) is 10.3. The van der Waals surface area contributed by atoms with Crippen molar-refractivity contribution < 1.29 is 14.2 Å². The van der Waals surface area contributed by atoms with Crippen molar-refractivity contribution in [2.45, 2.75) is 24.7 Å². The van der Waals surface area contributed by atoms with Crippen LogP contribution >= 0.6 is 11.6 Å². The second-order valence-electron chi connectivity index (χ2n) is 7.41. The van der Waals surface area contributed by atoms with Crippen molar-refractivity contribution >= 4 is 23.2 Å².